The lowest BCUT2D eigenvalue weighted by Crippen LogP contribution is -2.11. The van der Waals surface area contributed by atoms with E-state index in [-0.39, 0.29) is 30.2 Å². The second-order valence-electron chi connectivity index (χ2n) is 4.92. The number of methoxy groups -OCH3 is 1. The van der Waals surface area contributed by atoms with Gasteiger partial charge >= 0.3 is 5.97 Å². The molecule has 9 heteroatoms. The summed E-state index contributed by atoms with van der Waals surface area (Å²) in [4.78, 5) is 22.1. The first-order valence-electron chi connectivity index (χ1n) is 7.28. The summed E-state index contributed by atoms with van der Waals surface area (Å²) in [5, 5.41) is 19.9. The molecule has 134 valence electrons. The van der Waals surface area contributed by atoms with E-state index in [1.165, 1.54) is 25.3 Å². The van der Waals surface area contributed by atoms with Crippen molar-refractivity contribution in [1.82, 2.24) is 0 Å². The third-order valence-corrected chi connectivity index (χ3v) is 3.86. The van der Waals surface area contributed by atoms with Crippen molar-refractivity contribution in [2.75, 3.05) is 20.3 Å². The monoisotopic (exact) mass is 420 g/mol. The van der Waals surface area contributed by atoms with Crippen LogP contribution in [0.25, 0.3) is 17.4 Å². The van der Waals surface area contributed by atoms with Gasteiger partial charge < -0.3 is 13.9 Å². The molecule has 8 nitrogen and oxygen atoms in total. The second kappa shape index (κ2) is 8.94. The van der Waals surface area contributed by atoms with Gasteiger partial charge in [-0.15, -0.1) is 0 Å². The minimum absolute atomic E-state index is 0.0352. The van der Waals surface area contributed by atoms with Crippen LogP contribution >= 0.6 is 15.9 Å². The van der Waals surface area contributed by atoms with Gasteiger partial charge in [-0.3, -0.25) is 10.1 Å². The van der Waals surface area contributed by atoms with Crippen molar-refractivity contribution in [3.63, 3.8) is 0 Å². The van der Waals surface area contributed by atoms with E-state index < -0.39 is 10.9 Å². The van der Waals surface area contributed by atoms with Gasteiger partial charge in [-0.05, 0) is 34.1 Å². The van der Waals surface area contributed by atoms with Crippen LogP contribution in [0.15, 0.2) is 44.8 Å². The molecule has 0 N–H and O–H groups in total. The summed E-state index contributed by atoms with van der Waals surface area (Å²) in [5.41, 5.74) is 0.319. The highest BCUT2D eigenvalue weighted by atomic mass is 79.9. The Hall–Kier alpha value is -2.96. The molecule has 0 fully saturated rings. The Balaban J connectivity index is 2.22. The van der Waals surface area contributed by atoms with E-state index in [1.807, 2.05) is 0 Å². The van der Waals surface area contributed by atoms with Crippen LogP contribution in [0.2, 0.25) is 0 Å². The Kier molecular flexibility index (Phi) is 6.66. The molecular formula is C17H13BrN2O6. The lowest BCUT2D eigenvalue weighted by atomic mass is 10.1. The zero-order valence-electron chi connectivity index (χ0n) is 13.6. The predicted octanol–water partition coefficient (Wildman–Crippen LogP) is 3.71. The Bertz CT molecular complexity index is 897. The number of furan rings is 1. The summed E-state index contributed by atoms with van der Waals surface area (Å²) in [6, 6.07) is 9.22. The molecule has 0 saturated heterocycles. The molecule has 0 aliphatic carbocycles. The Morgan fingerprint density at radius 3 is 2.77 bits per heavy atom. The Morgan fingerprint density at radius 1 is 1.38 bits per heavy atom. The standard InChI is InChI=1S/C17H13BrN2O6/c1-24-6-7-25-17(21)11(10-19)8-13-3-5-16(26-13)14-4-2-12(20(22)23)9-15(14)18/h2-5,8-9H,6-7H2,1H3/b11-8+. The molecule has 1 aromatic carbocycles. The second-order valence-corrected chi connectivity index (χ2v) is 5.78. The van der Waals surface area contributed by atoms with Crippen LogP contribution < -0.4 is 0 Å². The highest BCUT2D eigenvalue weighted by Gasteiger charge is 2.15. The van der Waals surface area contributed by atoms with Crippen LogP contribution in [0.4, 0.5) is 5.69 Å². The van der Waals surface area contributed by atoms with E-state index in [0.29, 0.717) is 15.8 Å². The van der Waals surface area contributed by atoms with Crippen LogP contribution in [0.5, 0.6) is 0 Å². The minimum Gasteiger partial charge on any atom is -0.459 e. The third kappa shape index (κ3) is 4.78. The van der Waals surface area contributed by atoms with Crippen LogP contribution in [0.3, 0.4) is 0 Å². The number of rotatable bonds is 7. The number of halogens is 1. The molecule has 0 atom stereocenters. The van der Waals surface area contributed by atoms with Crippen LogP contribution in [-0.2, 0) is 14.3 Å². The number of nitrogens with zero attached hydrogens (tertiary/aromatic N) is 2. The molecule has 2 aromatic rings. The number of ether oxygens (including phenoxy) is 2. The van der Waals surface area contributed by atoms with E-state index in [0.717, 1.165) is 0 Å². The van der Waals surface area contributed by atoms with E-state index in [1.54, 1.807) is 24.3 Å². The number of nitro benzene ring substituents is 1. The summed E-state index contributed by atoms with van der Waals surface area (Å²) in [7, 11) is 1.47. The first-order chi connectivity index (χ1) is 12.5. The first kappa shape index (κ1) is 19.4. The molecular weight excluding hydrogens is 408 g/mol. The number of nitro groups is 1. The van der Waals surface area contributed by atoms with Crippen molar-refractivity contribution in [1.29, 1.82) is 5.26 Å². The topological polar surface area (TPSA) is 116 Å². The maximum Gasteiger partial charge on any atom is 0.349 e. The summed E-state index contributed by atoms with van der Waals surface area (Å²) >= 11 is 3.27. The average molecular weight is 421 g/mol. The van der Waals surface area contributed by atoms with Crippen molar-refractivity contribution in [2.45, 2.75) is 0 Å². The van der Waals surface area contributed by atoms with Crippen LogP contribution in [0, 0.1) is 21.4 Å². The van der Waals surface area contributed by atoms with Crippen molar-refractivity contribution in [2.24, 2.45) is 0 Å². The molecule has 0 saturated carbocycles. The predicted molar refractivity (Wildman–Crippen MR) is 94.9 cm³/mol. The van der Waals surface area contributed by atoms with Gasteiger partial charge in [0.1, 0.15) is 29.8 Å². The molecule has 0 aliphatic rings. The number of hydrogen-bond donors (Lipinski definition) is 0. The smallest absolute Gasteiger partial charge is 0.349 e. The van der Waals surface area contributed by atoms with Crippen molar-refractivity contribution in [3.05, 3.63) is 56.3 Å². The fourth-order valence-corrected chi connectivity index (χ4v) is 2.53. The molecule has 0 radical (unpaired) electrons. The van der Waals surface area contributed by atoms with Crippen LogP contribution in [-0.4, -0.2) is 31.2 Å². The Labute approximate surface area is 156 Å². The van der Waals surface area contributed by atoms with Gasteiger partial charge in [0.05, 0.1) is 11.5 Å². The third-order valence-electron chi connectivity index (χ3n) is 3.20. The highest BCUT2D eigenvalue weighted by molar-refractivity contribution is 9.10. The minimum atomic E-state index is -0.779. The summed E-state index contributed by atoms with van der Waals surface area (Å²) in [6.07, 6.45) is 1.26. The number of benzene rings is 1. The number of carbonyl (C=O) groups excluding carboxylic acids is 1. The van der Waals surface area contributed by atoms with Crippen molar-refractivity contribution < 1.29 is 23.6 Å². The fraction of sp³-hybridized carbons (Fsp3) is 0.176. The molecule has 2 rings (SSSR count). The highest BCUT2D eigenvalue weighted by Crippen LogP contribution is 2.32. The number of carbonyl (C=O) groups is 1. The van der Waals surface area contributed by atoms with Crippen molar-refractivity contribution >= 4 is 33.7 Å². The molecule has 0 aliphatic heterocycles. The molecule has 1 aromatic heterocycles. The maximum absolute atomic E-state index is 11.8. The van der Waals surface area contributed by atoms with Crippen molar-refractivity contribution in [3.8, 4) is 17.4 Å². The SMILES string of the molecule is COCCOC(=O)/C(C#N)=C/c1ccc(-c2ccc([N+](=O)[O-])cc2Br)o1. The number of non-ortho nitro benzene ring substituents is 1. The molecule has 0 spiro atoms. The summed E-state index contributed by atoms with van der Waals surface area (Å²) in [6.45, 7) is 0.261. The summed E-state index contributed by atoms with van der Waals surface area (Å²) in [5.74, 6) is -0.0902. The molecule has 26 heavy (non-hydrogen) atoms. The lowest BCUT2D eigenvalue weighted by Gasteiger charge is -2.02. The zero-order valence-corrected chi connectivity index (χ0v) is 15.2. The lowest BCUT2D eigenvalue weighted by molar-refractivity contribution is -0.384. The zero-order chi connectivity index (χ0) is 19.1. The molecule has 0 unspecified atom stereocenters. The van der Waals surface area contributed by atoms with Gasteiger partial charge in [0.25, 0.3) is 5.69 Å². The van der Waals surface area contributed by atoms with Gasteiger partial charge in [-0.1, -0.05) is 0 Å². The number of nitriles is 1. The van der Waals surface area contributed by atoms with Gasteiger partial charge in [0.15, 0.2) is 0 Å². The largest absolute Gasteiger partial charge is 0.459 e. The van der Waals surface area contributed by atoms with Gasteiger partial charge in [0, 0.05) is 35.4 Å². The van der Waals surface area contributed by atoms with Gasteiger partial charge in [0.2, 0.25) is 0 Å². The summed E-state index contributed by atoms with van der Waals surface area (Å²) < 4.78 is 15.7. The average Bonchev–Trinajstić information content (AvgIpc) is 3.07. The van der Waals surface area contributed by atoms with Gasteiger partial charge in [-0.2, -0.15) is 5.26 Å². The van der Waals surface area contributed by atoms with E-state index in [2.05, 4.69) is 15.9 Å². The Morgan fingerprint density at radius 2 is 2.15 bits per heavy atom. The first-order valence-corrected chi connectivity index (χ1v) is 8.07. The normalized spacial score (nSPS) is 11.0. The fourth-order valence-electron chi connectivity index (χ4n) is 1.97. The number of esters is 1. The molecule has 0 bridgehead atoms. The molecule has 1 heterocycles. The van der Waals surface area contributed by atoms with E-state index in [4.69, 9.17) is 19.2 Å². The molecule has 0 amide bonds. The van der Waals surface area contributed by atoms with E-state index in [9.17, 15) is 14.9 Å². The van der Waals surface area contributed by atoms with E-state index >= 15 is 0 Å². The van der Waals surface area contributed by atoms with Crippen LogP contribution in [0.1, 0.15) is 5.76 Å². The quantitative estimate of drug-likeness (QED) is 0.167. The number of hydrogen-bond acceptors (Lipinski definition) is 7. The maximum atomic E-state index is 11.8. The van der Waals surface area contributed by atoms with Gasteiger partial charge in [-0.25, -0.2) is 4.79 Å².